The van der Waals surface area contributed by atoms with Crippen LogP contribution in [0.4, 0.5) is 0 Å². The minimum atomic E-state index is -1.37. The molecule has 3 N–H and O–H groups in total. The van der Waals surface area contributed by atoms with Crippen LogP contribution in [0.15, 0.2) is 0 Å². The molecule has 0 aromatic carbocycles. The molecule has 0 rings (SSSR count). The first-order chi connectivity index (χ1) is 15.7. The first kappa shape index (κ1) is 47.0. The second-order valence-corrected chi connectivity index (χ2v) is 5.74. The maximum atomic E-state index is 9.50. The maximum absolute atomic E-state index is 9.50. The van der Waals surface area contributed by atoms with Gasteiger partial charge in [-0.25, -0.2) is 0 Å². The Labute approximate surface area is 227 Å². The summed E-state index contributed by atoms with van der Waals surface area (Å²) < 4.78 is 0. The maximum Gasteiger partial charge on any atom is 3.00 e. The van der Waals surface area contributed by atoms with Crippen LogP contribution in [0.5, 0.6) is 0 Å². The van der Waals surface area contributed by atoms with E-state index in [1.807, 2.05) is 0 Å². The summed E-state index contributed by atoms with van der Waals surface area (Å²) in [6.45, 7) is 1.75. The van der Waals surface area contributed by atoms with Gasteiger partial charge in [-0.3, -0.25) is 4.90 Å². The van der Waals surface area contributed by atoms with Crippen molar-refractivity contribution in [2.24, 2.45) is 0 Å². The largest absolute Gasteiger partial charge is 3.00 e. The second-order valence-electron chi connectivity index (χ2n) is 5.74. The number of aliphatic hydroxyl groups excluding tert-OH is 3. The molecule has 18 heteroatoms. The minimum absolute atomic E-state index is 0. The van der Waals surface area contributed by atoms with Crippen LogP contribution in [0, 0.1) is 0 Å². The van der Waals surface area contributed by atoms with Crippen molar-refractivity contribution < 1.29 is 109 Å². The van der Waals surface area contributed by atoms with E-state index in [0.29, 0.717) is 19.6 Å². The van der Waals surface area contributed by atoms with Crippen LogP contribution in [-0.2, 0) is 62.9 Å². The fourth-order valence-electron chi connectivity index (χ4n) is 1.37. The Morgan fingerprint density at radius 3 is 0.639 bits per heavy atom. The van der Waals surface area contributed by atoms with Gasteiger partial charge in [0.25, 0.3) is 0 Å². The first-order valence-electron chi connectivity index (χ1n) is 9.47. The van der Waals surface area contributed by atoms with E-state index in [1.165, 1.54) is 0 Å². The van der Waals surface area contributed by atoms with Crippen LogP contribution in [0.1, 0.15) is 38.5 Å². The van der Waals surface area contributed by atoms with Gasteiger partial charge in [0, 0.05) is 55.5 Å². The normalized spacial score (nSPS) is 8.67. The van der Waals surface area contributed by atoms with Gasteiger partial charge in [0.1, 0.15) is 0 Å². The summed E-state index contributed by atoms with van der Waals surface area (Å²) in [5.74, 6) is -8.20. The summed E-state index contributed by atoms with van der Waals surface area (Å²) in [5.41, 5.74) is 0. The number of aliphatic carboxylic acids is 6. The molecule has 0 bridgehead atoms. The van der Waals surface area contributed by atoms with Crippen LogP contribution >= 0.6 is 0 Å². The molecular weight excluding hydrogens is 582 g/mol. The fraction of sp³-hybridized carbons (Fsp3) is 0.667. The number of carbonyl (C=O) groups excluding carboxylic acids is 6. The first-order valence-corrected chi connectivity index (χ1v) is 9.47. The molecule has 0 aliphatic rings. The number of hydrogen-bond donors (Lipinski definition) is 3. The third-order valence-electron chi connectivity index (χ3n) is 2.85. The van der Waals surface area contributed by atoms with Crippen LogP contribution in [0.3, 0.4) is 0 Å². The van der Waals surface area contributed by atoms with Crippen LogP contribution < -0.4 is 30.6 Å². The summed E-state index contributed by atoms with van der Waals surface area (Å²) in [7, 11) is 0. The van der Waals surface area contributed by atoms with Crippen molar-refractivity contribution in [2.45, 2.75) is 38.5 Å². The van der Waals surface area contributed by atoms with Gasteiger partial charge in [-0.1, -0.05) is 0 Å². The summed E-state index contributed by atoms with van der Waals surface area (Å²) in [5, 5.41) is 82.5. The van der Waals surface area contributed by atoms with E-state index in [0.717, 1.165) is 0 Å². The van der Waals surface area contributed by atoms with Gasteiger partial charge in [-0.15, -0.1) is 0 Å². The Morgan fingerprint density at radius 2 is 0.556 bits per heavy atom. The monoisotopic (exact) mass is 609 g/mol. The van der Waals surface area contributed by atoms with Crippen molar-refractivity contribution in [3.05, 3.63) is 0 Å². The van der Waals surface area contributed by atoms with E-state index in [9.17, 15) is 59.4 Å². The topological polar surface area (TPSA) is 305 Å². The molecule has 0 aliphatic heterocycles. The quantitative estimate of drug-likeness (QED) is 0.145. The van der Waals surface area contributed by atoms with Gasteiger partial charge in [-0.05, 0) is 38.5 Å². The SMILES string of the molecule is O=C([O-])CCC(=O)[O-].O=C([O-])CCC(=O)[O-].O=C([O-])CCC(=O)[O-].OCCN(CCO)CCO.[Fe+3].[Fe+3]. The van der Waals surface area contributed by atoms with Gasteiger partial charge in [0.2, 0.25) is 0 Å². The van der Waals surface area contributed by atoms with Gasteiger partial charge >= 0.3 is 34.1 Å². The molecule has 16 nitrogen and oxygen atoms in total. The molecule has 2 radical (unpaired) electrons. The van der Waals surface area contributed by atoms with E-state index in [1.54, 1.807) is 4.90 Å². The van der Waals surface area contributed by atoms with Crippen LogP contribution in [-0.4, -0.2) is 95.5 Å². The van der Waals surface area contributed by atoms with Crippen LogP contribution in [0.2, 0.25) is 0 Å². The molecule has 0 spiro atoms. The Hall–Kier alpha value is -2.30. The van der Waals surface area contributed by atoms with Crippen molar-refractivity contribution in [1.29, 1.82) is 0 Å². The van der Waals surface area contributed by atoms with E-state index >= 15 is 0 Å². The van der Waals surface area contributed by atoms with Crippen molar-refractivity contribution in [3.63, 3.8) is 0 Å². The van der Waals surface area contributed by atoms with Crippen LogP contribution in [0.25, 0.3) is 0 Å². The molecule has 0 aromatic rings. The van der Waals surface area contributed by atoms with E-state index in [2.05, 4.69) is 0 Å². The zero-order valence-electron chi connectivity index (χ0n) is 18.9. The summed E-state index contributed by atoms with van der Waals surface area (Å²) >= 11 is 0. The zero-order valence-corrected chi connectivity index (χ0v) is 21.1. The average molecular weight is 609 g/mol. The minimum Gasteiger partial charge on any atom is -0.550 e. The predicted molar refractivity (Wildman–Crippen MR) is 95.4 cm³/mol. The molecule has 0 amide bonds. The molecule has 0 aliphatic carbocycles. The molecule has 0 saturated heterocycles. The molecule has 0 aromatic heterocycles. The number of rotatable bonds is 15. The number of carboxylic acid groups (broad SMARTS) is 6. The number of carbonyl (C=O) groups is 6. The second kappa shape index (κ2) is 34.9. The summed E-state index contributed by atoms with van der Waals surface area (Å²) in [6.07, 6.45) is -2.82. The summed E-state index contributed by atoms with van der Waals surface area (Å²) in [6, 6.07) is 0. The number of hydrogen-bond acceptors (Lipinski definition) is 16. The number of nitrogens with zero attached hydrogens (tertiary/aromatic N) is 1. The van der Waals surface area contributed by atoms with Gasteiger partial charge in [0.05, 0.1) is 19.8 Å². The standard InChI is InChI=1S/C6H15NO3.3C4H6O4.2Fe/c8-4-1-7(2-5-9)3-6-10;3*5-3(6)1-2-4(7)8;;/h8-10H,1-6H2;3*1-2H2,(H,5,6)(H,7,8);;/q;;;;2*+3/p-6. The van der Waals surface area contributed by atoms with Crippen molar-refractivity contribution >= 4 is 35.8 Å². The predicted octanol–water partition coefficient (Wildman–Crippen LogP) is -9.94. The van der Waals surface area contributed by atoms with Gasteiger partial charge in [-0.2, -0.15) is 0 Å². The van der Waals surface area contributed by atoms with E-state index in [-0.39, 0.29) is 54.0 Å². The van der Waals surface area contributed by atoms with Gasteiger partial charge < -0.3 is 74.7 Å². The zero-order chi connectivity index (χ0) is 27.5. The molecular formula is C18H27Fe2NO15. The fourth-order valence-corrected chi connectivity index (χ4v) is 1.37. The molecule has 0 fully saturated rings. The Kier molecular flexibility index (Phi) is 45.5. The Morgan fingerprint density at radius 1 is 0.417 bits per heavy atom. The third kappa shape index (κ3) is 63.4. The van der Waals surface area contributed by atoms with E-state index in [4.69, 9.17) is 15.3 Å². The van der Waals surface area contributed by atoms with Crippen molar-refractivity contribution in [3.8, 4) is 0 Å². The smallest absolute Gasteiger partial charge is 0.550 e. The van der Waals surface area contributed by atoms with Crippen molar-refractivity contribution in [1.82, 2.24) is 4.90 Å². The number of aliphatic hydroxyl groups is 3. The van der Waals surface area contributed by atoms with E-state index < -0.39 is 74.3 Å². The Balaban J connectivity index is -0.0000000822. The van der Waals surface area contributed by atoms with Crippen molar-refractivity contribution in [2.75, 3.05) is 39.5 Å². The average Bonchev–Trinajstić information content (AvgIpc) is 2.71. The molecule has 0 saturated carbocycles. The molecule has 36 heavy (non-hydrogen) atoms. The molecule has 0 unspecified atom stereocenters. The van der Waals surface area contributed by atoms with Gasteiger partial charge in [0.15, 0.2) is 0 Å². The molecule has 210 valence electrons. The molecule has 0 atom stereocenters. The third-order valence-corrected chi connectivity index (χ3v) is 2.85. The number of carboxylic acids is 6. The Bertz CT molecular complexity index is 482. The summed E-state index contributed by atoms with van der Waals surface area (Å²) in [4.78, 5) is 58.8. The molecule has 0 heterocycles.